The standard InChI is InChI=1S/C24H23NO7/c1-16(28)20-11-22(32-15-27)23(30-13-17-5-3-2-4-6-17)12-21(20)25-24(29)18-7-9-19(10-8-18)31-14-26/h2-12,26-27H,13-15H2,1H3,(H,25,29). The van der Waals surface area contributed by atoms with E-state index in [4.69, 9.17) is 19.3 Å². The zero-order chi connectivity index (χ0) is 22.9. The van der Waals surface area contributed by atoms with E-state index in [1.54, 1.807) is 12.1 Å². The van der Waals surface area contributed by atoms with E-state index in [2.05, 4.69) is 5.32 Å². The summed E-state index contributed by atoms with van der Waals surface area (Å²) in [7, 11) is 0. The molecule has 0 heterocycles. The van der Waals surface area contributed by atoms with Crippen LogP contribution in [0.2, 0.25) is 0 Å². The molecule has 0 saturated heterocycles. The van der Waals surface area contributed by atoms with Crippen molar-refractivity contribution in [3.8, 4) is 17.2 Å². The van der Waals surface area contributed by atoms with Crippen LogP contribution in [0.3, 0.4) is 0 Å². The van der Waals surface area contributed by atoms with E-state index in [0.717, 1.165) is 5.56 Å². The van der Waals surface area contributed by atoms with E-state index in [1.165, 1.54) is 31.2 Å². The summed E-state index contributed by atoms with van der Waals surface area (Å²) in [5, 5.41) is 20.8. The summed E-state index contributed by atoms with van der Waals surface area (Å²) in [5.41, 5.74) is 1.68. The smallest absolute Gasteiger partial charge is 0.255 e. The number of amides is 1. The first-order valence-electron chi connectivity index (χ1n) is 9.76. The van der Waals surface area contributed by atoms with Gasteiger partial charge in [0.2, 0.25) is 0 Å². The van der Waals surface area contributed by atoms with Gasteiger partial charge in [-0.2, -0.15) is 0 Å². The third-order valence-corrected chi connectivity index (χ3v) is 4.52. The number of carbonyl (C=O) groups excluding carboxylic acids is 2. The van der Waals surface area contributed by atoms with Gasteiger partial charge in [-0.15, -0.1) is 0 Å². The van der Waals surface area contributed by atoms with E-state index in [9.17, 15) is 14.7 Å². The van der Waals surface area contributed by atoms with Gasteiger partial charge in [0.15, 0.2) is 30.9 Å². The molecule has 0 saturated carbocycles. The molecule has 0 radical (unpaired) electrons. The fourth-order valence-electron chi connectivity index (χ4n) is 2.96. The van der Waals surface area contributed by atoms with Crippen LogP contribution in [-0.4, -0.2) is 35.5 Å². The highest BCUT2D eigenvalue weighted by atomic mass is 16.6. The lowest BCUT2D eigenvalue weighted by Gasteiger charge is -2.16. The molecule has 8 heteroatoms. The molecule has 0 atom stereocenters. The number of ketones is 1. The summed E-state index contributed by atoms with van der Waals surface area (Å²) in [5.74, 6) is 0.0971. The number of aliphatic hydroxyl groups excluding tert-OH is 2. The number of hydrogen-bond acceptors (Lipinski definition) is 7. The quantitative estimate of drug-likeness (QED) is 0.329. The van der Waals surface area contributed by atoms with Crippen molar-refractivity contribution in [2.24, 2.45) is 0 Å². The molecule has 0 aliphatic rings. The molecule has 3 rings (SSSR count). The molecule has 8 nitrogen and oxygen atoms in total. The van der Waals surface area contributed by atoms with Gasteiger partial charge in [-0.05, 0) is 42.8 Å². The van der Waals surface area contributed by atoms with E-state index in [0.29, 0.717) is 11.3 Å². The largest absolute Gasteiger partial charge is 0.485 e. The molecule has 0 spiro atoms. The second-order valence-electron chi connectivity index (χ2n) is 6.70. The molecular weight excluding hydrogens is 414 g/mol. The first-order chi connectivity index (χ1) is 15.5. The second kappa shape index (κ2) is 10.9. The lowest BCUT2D eigenvalue weighted by Crippen LogP contribution is -2.15. The molecule has 3 aromatic carbocycles. The minimum Gasteiger partial charge on any atom is -0.485 e. The van der Waals surface area contributed by atoms with Gasteiger partial charge in [0, 0.05) is 17.2 Å². The summed E-state index contributed by atoms with van der Waals surface area (Å²) < 4.78 is 16.0. The van der Waals surface area contributed by atoms with Crippen molar-refractivity contribution in [3.05, 3.63) is 83.4 Å². The Kier molecular flexibility index (Phi) is 7.80. The van der Waals surface area contributed by atoms with Crippen LogP contribution < -0.4 is 19.5 Å². The van der Waals surface area contributed by atoms with Crippen molar-refractivity contribution in [3.63, 3.8) is 0 Å². The summed E-state index contributed by atoms with van der Waals surface area (Å²) in [6.45, 7) is 0.509. The number of anilines is 1. The number of nitrogens with one attached hydrogen (secondary N) is 1. The number of Topliss-reactive ketones (excluding diaryl/α,β-unsaturated/α-hetero) is 1. The number of aliphatic hydroxyl groups is 2. The monoisotopic (exact) mass is 437 g/mol. The number of benzene rings is 3. The molecule has 0 aromatic heterocycles. The van der Waals surface area contributed by atoms with Crippen LogP contribution in [-0.2, 0) is 6.61 Å². The predicted molar refractivity (Wildman–Crippen MR) is 117 cm³/mol. The van der Waals surface area contributed by atoms with Crippen LogP contribution in [0.5, 0.6) is 17.2 Å². The summed E-state index contributed by atoms with van der Waals surface area (Å²) in [4.78, 5) is 24.9. The van der Waals surface area contributed by atoms with Crippen LogP contribution in [0.15, 0.2) is 66.7 Å². The van der Waals surface area contributed by atoms with Gasteiger partial charge in [-0.1, -0.05) is 30.3 Å². The molecular formula is C24H23NO7. The molecule has 1 amide bonds. The zero-order valence-electron chi connectivity index (χ0n) is 17.4. The molecule has 166 valence electrons. The molecule has 0 bridgehead atoms. The lowest BCUT2D eigenvalue weighted by atomic mass is 10.1. The van der Waals surface area contributed by atoms with E-state index < -0.39 is 19.5 Å². The minimum atomic E-state index is -0.604. The number of carbonyl (C=O) groups is 2. The van der Waals surface area contributed by atoms with Crippen LogP contribution in [0, 0.1) is 0 Å². The Hall–Kier alpha value is -3.88. The fraction of sp³-hybridized carbons (Fsp3) is 0.167. The van der Waals surface area contributed by atoms with Crippen molar-refractivity contribution < 1.29 is 34.0 Å². The third kappa shape index (κ3) is 5.84. The Labute approximate surface area is 185 Å². The van der Waals surface area contributed by atoms with Gasteiger partial charge in [-0.3, -0.25) is 9.59 Å². The normalized spacial score (nSPS) is 10.3. The van der Waals surface area contributed by atoms with Gasteiger partial charge in [0.1, 0.15) is 12.4 Å². The maximum atomic E-state index is 12.7. The van der Waals surface area contributed by atoms with Gasteiger partial charge in [-0.25, -0.2) is 0 Å². The summed E-state index contributed by atoms with van der Waals surface area (Å²) >= 11 is 0. The zero-order valence-corrected chi connectivity index (χ0v) is 17.4. The van der Waals surface area contributed by atoms with Gasteiger partial charge in [0.05, 0.1) is 5.69 Å². The lowest BCUT2D eigenvalue weighted by molar-refractivity contribution is 0.0929. The first-order valence-corrected chi connectivity index (χ1v) is 9.76. The number of ether oxygens (including phenoxy) is 3. The summed E-state index contributed by atoms with van der Waals surface area (Å²) in [6.07, 6.45) is 0. The third-order valence-electron chi connectivity index (χ3n) is 4.52. The fourth-order valence-corrected chi connectivity index (χ4v) is 2.96. The van der Waals surface area contributed by atoms with E-state index >= 15 is 0 Å². The van der Waals surface area contributed by atoms with Crippen molar-refractivity contribution in [2.45, 2.75) is 13.5 Å². The maximum absolute atomic E-state index is 12.7. The highest BCUT2D eigenvalue weighted by molar-refractivity contribution is 6.09. The molecule has 0 unspecified atom stereocenters. The number of hydrogen-bond donors (Lipinski definition) is 3. The maximum Gasteiger partial charge on any atom is 0.255 e. The van der Waals surface area contributed by atoms with Crippen LogP contribution in [0.4, 0.5) is 5.69 Å². The Morgan fingerprint density at radius 2 is 1.50 bits per heavy atom. The van der Waals surface area contributed by atoms with Crippen LogP contribution in [0.25, 0.3) is 0 Å². The molecule has 3 N–H and O–H groups in total. The van der Waals surface area contributed by atoms with Gasteiger partial charge in [0.25, 0.3) is 5.91 Å². The van der Waals surface area contributed by atoms with E-state index in [-0.39, 0.29) is 35.1 Å². The van der Waals surface area contributed by atoms with Crippen molar-refractivity contribution in [2.75, 3.05) is 18.9 Å². The molecule has 32 heavy (non-hydrogen) atoms. The highest BCUT2D eigenvalue weighted by Crippen LogP contribution is 2.35. The SMILES string of the molecule is CC(=O)c1cc(OCO)c(OCc2ccccc2)cc1NC(=O)c1ccc(OCO)cc1. The van der Waals surface area contributed by atoms with E-state index in [1.807, 2.05) is 30.3 Å². The average molecular weight is 437 g/mol. The molecule has 0 fully saturated rings. The van der Waals surface area contributed by atoms with Crippen LogP contribution >= 0.6 is 0 Å². The Bertz CT molecular complexity index is 1070. The Morgan fingerprint density at radius 1 is 0.844 bits per heavy atom. The van der Waals surface area contributed by atoms with Gasteiger partial charge < -0.3 is 29.7 Å². The minimum absolute atomic E-state index is 0.178. The Morgan fingerprint density at radius 3 is 2.12 bits per heavy atom. The predicted octanol–water partition coefficient (Wildman–Crippen LogP) is 3.38. The van der Waals surface area contributed by atoms with Crippen molar-refractivity contribution in [1.82, 2.24) is 0 Å². The molecule has 3 aromatic rings. The Balaban J connectivity index is 1.88. The molecule has 0 aliphatic carbocycles. The second-order valence-corrected chi connectivity index (χ2v) is 6.70. The average Bonchev–Trinajstić information content (AvgIpc) is 2.80. The van der Waals surface area contributed by atoms with Gasteiger partial charge >= 0.3 is 0 Å². The first kappa shape index (κ1) is 22.8. The highest BCUT2D eigenvalue weighted by Gasteiger charge is 2.18. The topological polar surface area (TPSA) is 114 Å². The van der Waals surface area contributed by atoms with Crippen LogP contribution in [0.1, 0.15) is 33.2 Å². The number of rotatable bonds is 10. The van der Waals surface area contributed by atoms with Crippen molar-refractivity contribution in [1.29, 1.82) is 0 Å². The summed E-state index contributed by atoms with van der Waals surface area (Å²) in [6, 6.07) is 18.5. The molecule has 0 aliphatic heterocycles. The van der Waals surface area contributed by atoms with Crippen molar-refractivity contribution >= 4 is 17.4 Å².